The second-order valence-corrected chi connectivity index (χ2v) is 6.62. The molecule has 1 saturated heterocycles. The highest BCUT2D eigenvalue weighted by Crippen LogP contribution is 2.42. The lowest BCUT2D eigenvalue weighted by molar-refractivity contribution is -0.126. The first kappa shape index (κ1) is 15.1. The summed E-state index contributed by atoms with van der Waals surface area (Å²) < 4.78 is 0. The van der Waals surface area contributed by atoms with E-state index in [1.165, 1.54) is 11.8 Å². The van der Waals surface area contributed by atoms with Crippen molar-refractivity contribution in [1.82, 2.24) is 20.9 Å². The molecule has 0 bridgehead atoms. The van der Waals surface area contributed by atoms with Gasteiger partial charge in [0.2, 0.25) is 5.91 Å². The third-order valence-electron chi connectivity index (χ3n) is 3.81. The van der Waals surface area contributed by atoms with Crippen molar-refractivity contribution < 1.29 is 9.59 Å². The third kappa shape index (κ3) is 2.86. The van der Waals surface area contributed by atoms with Gasteiger partial charge in [0.1, 0.15) is 0 Å². The zero-order chi connectivity index (χ0) is 15.7. The van der Waals surface area contributed by atoms with E-state index in [9.17, 15) is 9.59 Å². The van der Waals surface area contributed by atoms with E-state index in [-0.39, 0.29) is 29.3 Å². The Morgan fingerprint density at radius 1 is 1.50 bits per heavy atom. The second-order valence-electron chi connectivity index (χ2n) is 5.47. The molecule has 3 atom stereocenters. The van der Waals surface area contributed by atoms with E-state index in [0.29, 0.717) is 11.4 Å². The summed E-state index contributed by atoms with van der Waals surface area (Å²) in [5, 5.41) is 8.98. The highest BCUT2D eigenvalue weighted by molar-refractivity contribution is 8.04. The van der Waals surface area contributed by atoms with E-state index in [1.807, 2.05) is 26.0 Å². The van der Waals surface area contributed by atoms with Gasteiger partial charge in [0.15, 0.2) is 0 Å². The van der Waals surface area contributed by atoms with Crippen LogP contribution in [0.4, 0.5) is 0 Å². The maximum atomic E-state index is 12.4. The van der Waals surface area contributed by atoms with E-state index < -0.39 is 0 Å². The topological polar surface area (TPSA) is 83.1 Å². The average molecular weight is 318 g/mol. The van der Waals surface area contributed by atoms with Crippen LogP contribution in [0, 0.1) is 5.92 Å². The standard InChI is InChI=1S/C15H18N4O2S/c1-8-11-13(20)18-9(2)19-15(11)22-12(8)14(21)17-7-10-4-3-5-16-6-10/h3-6,9,11,15,19H,7H2,1-2H3,(H,17,21)(H,18,20). The molecule has 2 amide bonds. The minimum atomic E-state index is -0.277. The average Bonchev–Trinajstić information content (AvgIpc) is 2.83. The number of aromatic nitrogens is 1. The number of nitrogens with one attached hydrogen (secondary N) is 3. The molecule has 3 rings (SSSR count). The summed E-state index contributed by atoms with van der Waals surface area (Å²) in [4.78, 5) is 29.2. The third-order valence-corrected chi connectivity index (χ3v) is 5.22. The Kier molecular flexibility index (Phi) is 4.17. The fourth-order valence-corrected chi connectivity index (χ4v) is 4.19. The Morgan fingerprint density at radius 2 is 2.32 bits per heavy atom. The number of fused-ring (bicyclic) bond motifs is 1. The van der Waals surface area contributed by atoms with Gasteiger partial charge < -0.3 is 10.6 Å². The van der Waals surface area contributed by atoms with Crippen molar-refractivity contribution in [1.29, 1.82) is 0 Å². The predicted molar refractivity (Wildman–Crippen MR) is 84.4 cm³/mol. The number of pyridine rings is 1. The van der Waals surface area contributed by atoms with Gasteiger partial charge in [-0.15, -0.1) is 11.8 Å². The van der Waals surface area contributed by atoms with Crippen LogP contribution in [0.15, 0.2) is 35.0 Å². The smallest absolute Gasteiger partial charge is 0.257 e. The maximum Gasteiger partial charge on any atom is 0.257 e. The van der Waals surface area contributed by atoms with Gasteiger partial charge in [-0.25, -0.2) is 0 Å². The van der Waals surface area contributed by atoms with E-state index in [2.05, 4.69) is 20.9 Å². The number of carbonyl (C=O) groups is 2. The molecule has 116 valence electrons. The zero-order valence-electron chi connectivity index (χ0n) is 12.4. The fourth-order valence-electron chi connectivity index (χ4n) is 2.71. The number of hydrogen-bond acceptors (Lipinski definition) is 5. The molecule has 2 aliphatic heterocycles. The number of hydrogen-bond donors (Lipinski definition) is 3. The van der Waals surface area contributed by atoms with Crippen LogP contribution >= 0.6 is 11.8 Å². The van der Waals surface area contributed by atoms with Crippen molar-refractivity contribution in [3.63, 3.8) is 0 Å². The number of carbonyl (C=O) groups excluding carboxylic acids is 2. The molecule has 3 unspecified atom stereocenters. The summed E-state index contributed by atoms with van der Waals surface area (Å²) in [5.74, 6) is -0.431. The molecule has 1 fully saturated rings. The SMILES string of the molecule is CC1=C(C(=O)NCc2cccnc2)SC2NC(C)NC(=O)C12. The van der Waals surface area contributed by atoms with E-state index in [4.69, 9.17) is 0 Å². The molecule has 7 heteroatoms. The molecule has 0 aromatic carbocycles. The predicted octanol–water partition coefficient (Wildman–Crippen LogP) is 0.726. The summed E-state index contributed by atoms with van der Waals surface area (Å²) in [5.41, 5.74) is 1.77. The molecule has 6 nitrogen and oxygen atoms in total. The molecule has 1 aromatic rings. The molecule has 2 aliphatic rings. The van der Waals surface area contributed by atoms with Crippen molar-refractivity contribution in [3.8, 4) is 0 Å². The molecule has 0 spiro atoms. The van der Waals surface area contributed by atoms with Gasteiger partial charge in [0.25, 0.3) is 5.91 Å². The van der Waals surface area contributed by atoms with Crippen LogP contribution in [0.5, 0.6) is 0 Å². The van der Waals surface area contributed by atoms with Crippen LogP contribution in [0.2, 0.25) is 0 Å². The molecule has 3 heterocycles. The van der Waals surface area contributed by atoms with Gasteiger partial charge in [-0.05, 0) is 31.1 Å². The Morgan fingerprint density at radius 3 is 3.05 bits per heavy atom. The van der Waals surface area contributed by atoms with Gasteiger partial charge in [-0.3, -0.25) is 19.9 Å². The van der Waals surface area contributed by atoms with Gasteiger partial charge in [0, 0.05) is 18.9 Å². The number of amides is 2. The number of nitrogens with zero attached hydrogens (tertiary/aromatic N) is 1. The molecule has 1 aromatic heterocycles. The maximum absolute atomic E-state index is 12.4. The fraction of sp³-hybridized carbons (Fsp3) is 0.400. The lowest BCUT2D eigenvalue weighted by Crippen LogP contribution is -2.58. The van der Waals surface area contributed by atoms with Crippen LogP contribution in [0.1, 0.15) is 19.4 Å². The normalized spacial score (nSPS) is 27.4. The van der Waals surface area contributed by atoms with Crippen molar-refractivity contribution in [3.05, 3.63) is 40.6 Å². The molecular weight excluding hydrogens is 300 g/mol. The van der Waals surface area contributed by atoms with E-state index in [0.717, 1.165) is 11.1 Å². The van der Waals surface area contributed by atoms with Crippen molar-refractivity contribution in [2.75, 3.05) is 0 Å². The van der Waals surface area contributed by atoms with Crippen LogP contribution < -0.4 is 16.0 Å². The molecular formula is C15H18N4O2S. The van der Waals surface area contributed by atoms with Crippen LogP contribution in [0.3, 0.4) is 0 Å². The Hall–Kier alpha value is -1.86. The van der Waals surface area contributed by atoms with Crippen molar-refractivity contribution in [2.45, 2.75) is 31.9 Å². The first-order valence-electron chi connectivity index (χ1n) is 7.17. The van der Waals surface area contributed by atoms with Gasteiger partial charge in [-0.2, -0.15) is 0 Å². The van der Waals surface area contributed by atoms with E-state index in [1.54, 1.807) is 12.4 Å². The largest absolute Gasteiger partial charge is 0.347 e. The van der Waals surface area contributed by atoms with Crippen molar-refractivity contribution >= 4 is 23.6 Å². The summed E-state index contributed by atoms with van der Waals surface area (Å²) in [6, 6.07) is 3.74. The molecule has 0 radical (unpaired) electrons. The Bertz CT molecular complexity index is 632. The monoisotopic (exact) mass is 318 g/mol. The Balaban J connectivity index is 1.69. The molecule has 3 N–H and O–H groups in total. The van der Waals surface area contributed by atoms with Gasteiger partial charge in [-0.1, -0.05) is 6.07 Å². The number of thioether (sulfide) groups is 1. The highest BCUT2D eigenvalue weighted by atomic mass is 32.2. The van der Waals surface area contributed by atoms with Gasteiger partial charge >= 0.3 is 0 Å². The lowest BCUT2D eigenvalue weighted by atomic mass is 9.97. The van der Waals surface area contributed by atoms with Crippen LogP contribution in [-0.2, 0) is 16.1 Å². The first-order chi connectivity index (χ1) is 10.6. The van der Waals surface area contributed by atoms with Crippen molar-refractivity contribution in [2.24, 2.45) is 5.92 Å². The lowest BCUT2D eigenvalue weighted by Gasteiger charge is -2.31. The Labute approximate surface area is 133 Å². The second kappa shape index (κ2) is 6.10. The minimum Gasteiger partial charge on any atom is -0.347 e. The number of rotatable bonds is 3. The van der Waals surface area contributed by atoms with Crippen LogP contribution in [-0.4, -0.2) is 28.3 Å². The molecule has 0 saturated carbocycles. The summed E-state index contributed by atoms with van der Waals surface area (Å²) in [6.45, 7) is 4.17. The van der Waals surface area contributed by atoms with Gasteiger partial charge in [0.05, 0.1) is 22.4 Å². The van der Waals surface area contributed by atoms with E-state index >= 15 is 0 Å². The first-order valence-corrected chi connectivity index (χ1v) is 8.05. The molecule has 22 heavy (non-hydrogen) atoms. The summed E-state index contributed by atoms with van der Waals surface area (Å²) in [7, 11) is 0. The summed E-state index contributed by atoms with van der Waals surface area (Å²) >= 11 is 1.43. The van der Waals surface area contributed by atoms with Crippen LogP contribution in [0.25, 0.3) is 0 Å². The zero-order valence-corrected chi connectivity index (χ0v) is 13.2. The molecule has 0 aliphatic carbocycles. The summed E-state index contributed by atoms with van der Waals surface area (Å²) in [6.07, 6.45) is 3.34. The quantitative estimate of drug-likeness (QED) is 0.765. The minimum absolute atomic E-state index is 0.0173. The highest BCUT2D eigenvalue weighted by Gasteiger charge is 2.43.